The maximum atomic E-state index is 4.44. The quantitative estimate of drug-likeness (QED) is 0.892. The van der Waals surface area contributed by atoms with Gasteiger partial charge in [-0.1, -0.05) is 25.1 Å². The highest BCUT2D eigenvalue weighted by atomic mass is 15.0. The number of aromatic nitrogens is 2. The Morgan fingerprint density at radius 3 is 2.74 bits per heavy atom. The predicted octanol–water partition coefficient (Wildman–Crippen LogP) is 2.93. The van der Waals surface area contributed by atoms with Crippen LogP contribution in [0.4, 0.5) is 0 Å². The van der Waals surface area contributed by atoms with Gasteiger partial charge in [-0.2, -0.15) is 0 Å². The molecule has 0 aliphatic carbocycles. The lowest BCUT2D eigenvalue weighted by Crippen LogP contribution is -2.25. The molecule has 1 unspecified atom stereocenters. The first-order valence-electron chi connectivity index (χ1n) is 6.89. The molecule has 0 saturated carbocycles. The van der Waals surface area contributed by atoms with E-state index >= 15 is 0 Å². The second-order valence-corrected chi connectivity index (χ2v) is 5.06. The van der Waals surface area contributed by atoms with Crippen LogP contribution in [0.5, 0.6) is 0 Å². The van der Waals surface area contributed by atoms with Crippen molar-refractivity contribution in [3.63, 3.8) is 0 Å². The molecular weight excluding hydrogens is 234 g/mol. The molecule has 2 aromatic rings. The van der Waals surface area contributed by atoms with Gasteiger partial charge in [0.1, 0.15) is 5.82 Å². The summed E-state index contributed by atoms with van der Waals surface area (Å²) in [5.41, 5.74) is 4.10. The van der Waals surface area contributed by atoms with Gasteiger partial charge in [0.05, 0.1) is 0 Å². The summed E-state index contributed by atoms with van der Waals surface area (Å²) >= 11 is 0. The van der Waals surface area contributed by atoms with Crippen LogP contribution in [0.15, 0.2) is 30.6 Å². The summed E-state index contributed by atoms with van der Waals surface area (Å²) in [4.78, 5) is 4.44. The van der Waals surface area contributed by atoms with Crippen LogP contribution in [-0.4, -0.2) is 16.1 Å². The Hall–Kier alpha value is -1.61. The van der Waals surface area contributed by atoms with E-state index in [0.717, 1.165) is 18.8 Å². The smallest absolute Gasteiger partial charge is 0.110 e. The third-order valence-electron chi connectivity index (χ3n) is 3.78. The second-order valence-electron chi connectivity index (χ2n) is 5.06. The lowest BCUT2D eigenvalue weighted by Gasteiger charge is -2.21. The van der Waals surface area contributed by atoms with E-state index in [1.165, 1.54) is 16.7 Å². The Morgan fingerprint density at radius 1 is 1.32 bits per heavy atom. The number of rotatable bonds is 5. The zero-order valence-corrected chi connectivity index (χ0v) is 12.3. The SMILES string of the molecule is CCNC(Cc1nccn1C)c1cccc(C)c1C. The molecule has 3 nitrogen and oxygen atoms in total. The molecule has 0 spiro atoms. The van der Waals surface area contributed by atoms with Gasteiger partial charge < -0.3 is 9.88 Å². The molecule has 1 N–H and O–H groups in total. The molecular formula is C16H23N3. The molecule has 0 aliphatic heterocycles. The molecule has 1 aromatic carbocycles. The van der Waals surface area contributed by atoms with Crippen molar-refractivity contribution in [2.45, 2.75) is 33.2 Å². The van der Waals surface area contributed by atoms with Gasteiger partial charge in [0, 0.05) is 31.9 Å². The lowest BCUT2D eigenvalue weighted by molar-refractivity contribution is 0.526. The average molecular weight is 257 g/mol. The van der Waals surface area contributed by atoms with Gasteiger partial charge in [0.25, 0.3) is 0 Å². The summed E-state index contributed by atoms with van der Waals surface area (Å²) in [5.74, 6) is 1.12. The molecule has 3 heteroatoms. The van der Waals surface area contributed by atoms with Crippen molar-refractivity contribution >= 4 is 0 Å². The zero-order chi connectivity index (χ0) is 13.8. The van der Waals surface area contributed by atoms with E-state index in [9.17, 15) is 0 Å². The highest BCUT2D eigenvalue weighted by molar-refractivity contribution is 5.35. The maximum Gasteiger partial charge on any atom is 0.110 e. The molecule has 0 amide bonds. The first kappa shape index (κ1) is 13.8. The summed E-state index contributed by atoms with van der Waals surface area (Å²) in [6.07, 6.45) is 4.78. The van der Waals surface area contributed by atoms with Gasteiger partial charge >= 0.3 is 0 Å². The number of imidazole rings is 1. The van der Waals surface area contributed by atoms with Gasteiger partial charge in [-0.15, -0.1) is 0 Å². The molecule has 1 aromatic heterocycles. The van der Waals surface area contributed by atoms with E-state index in [-0.39, 0.29) is 0 Å². The van der Waals surface area contributed by atoms with Crippen LogP contribution in [0.3, 0.4) is 0 Å². The van der Waals surface area contributed by atoms with Crippen molar-refractivity contribution < 1.29 is 0 Å². The van der Waals surface area contributed by atoms with Crippen molar-refractivity contribution in [1.82, 2.24) is 14.9 Å². The number of likely N-dealkylation sites (N-methyl/N-ethyl adjacent to an activating group) is 1. The Morgan fingerprint density at radius 2 is 2.11 bits per heavy atom. The van der Waals surface area contributed by atoms with Gasteiger partial charge in [0.15, 0.2) is 0 Å². The van der Waals surface area contributed by atoms with Crippen LogP contribution >= 0.6 is 0 Å². The number of aryl methyl sites for hydroxylation is 2. The first-order valence-corrected chi connectivity index (χ1v) is 6.89. The van der Waals surface area contributed by atoms with Crippen LogP contribution < -0.4 is 5.32 Å². The summed E-state index contributed by atoms with van der Waals surface area (Å²) in [5, 5.41) is 3.58. The van der Waals surface area contributed by atoms with E-state index in [1.54, 1.807) is 0 Å². The van der Waals surface area contributed by atoms with E-state index in [2.05, 4.69) is 60.9 Å². The number of nitrogens with zero attached hydrogens (tertiary/aromatic N) is 2. The van der Waals surface area contributed by atoms with Crippen molar-refractivity contribution in [2.24, 2.45) is 7.05 Å². The molecule has 0 aliphatic rings. The van der Waals surface area contributed by atoms with Crippen LogP contribution in [0.25, 0.3) is 0 Å². The highest BCUT2D eigenvalue weighted by Gasteiger charge is 2.16. The van der Waals surface area contributed by atoms with Gasteiger partial charge in [0.2, 0.25) is 0 Å². The summed E-state index contributed by atoms with van der Waals surface area (Å²) < 4.78 is 2.09. The Bertz CT molecular complexity index is 543. The van der Waals surface area contributed by atoms with Crippen LogP contribution in [0, 0.1) is 13.8 Å². The van der Waals surface area contributed by atoms with Gasteiger partial charge in [-0.05, 0) is 37.1 Å². The number of nitrogens with one attached hydrogen (secondary N) is 1. The van der Waals surface area contributed by atoms with Gasteiger partial charge in [-0.3, -0.25) is 0 Å². The minimum Gasteiger partial charge on any atom is -0.338 e. The van der Waals surface area contributed by atoms with Crippen molar-refractivity contribution in [1.29, 1.82) is 0 Å². The highest BCUT2D eigenvalue weighted by Crippen LogP contribution is 2.23. The van der Waals surface area contributed by atoms with E-state index < -0.39 is 0 Å². The molecule has 0 bridgehead atoms. The Kier molecular flexibility index (Phi) is 4.38. The number of hydrogen-bond acceptors (Lipinski definition) is 2. The Balaban J connectivity index is 2.29. The minimum absolute atomic E-state index is 0.325. The Labute approximate surface area is 115 Å². The summed E-state index contributed by atoms with van der Waals surface area (Å²) in [6.45, 7) is 7.48. The fraction of sp³-hybridized carbons (Fsp3) is 0.438. The lowest BCUT2D eigenvalue weighted by atomic mass is 9.95. The van der Waals surface area contributed by atoms with Gasteiger partial charge in [-0.25, -0.2) is 4.98 Å². The molecule has 102 valence electrons. The minimum atomic E-state index is 0.325. The fourth-order valence-corrected chi connectivity index (χ4v) is 2.47. The fourth-order valence-electron chi connectivity index (χ4n) is 2.47. The standard InChI is InChI=1S/C16H23N3/c1-5-17-15(11-16-18-9-10-19(16)4)14-8-6-7-12(2)13(14)3/h6-10,15,17H,5,11H2,1-4H3. The monoisotopic (exact) mass is 257 g/mol. The predicted molar refractivity (Wildman–Crippen MR) is 79.2 cm³/mol. The first-order chi connectivity index (χ1) is 9.13. The molecule has 0 fully saturated rings. The maximum absolute atomic E-state index is 4.44. The van der Waals surface area contributed by atoms with E-state index in [4.69, 9.17) is 0 Å². The largest absolute Gasteiger partial charge is 0.338 e. The van der Waals surface area contributed by atoms with Crippen LogP contribution in [0.1, 0.15) is 35.5 Å². The topological polar surface area (TPSA) is 29.9 Å². The molecule has 2 rings (SSSR count). The summed E-state index contributed by atoms with van der Waals surface area (Å²) in [7, 11) is 2.05. The van der Waals surface area contributed by atoms with Crippen LogP contribution in [0.2, 0.25) is 0 Å². The average Bonchev–Trinajstić information content (AvgIpc) is 2.78. The van der Waals surface area contributed by atoms with E-state index in [0.29, 0.717) is 6.04 Å². The second kappa shape index (κ2) is 6.02. The van der Waals surface area contributed by atoms with Crippen LogP contribution in [-0.2, 0) is 13.5 Å². The van der Waals surface area contributed by atoms with Crippen molar-refractivity contribution in [3.8, 4) is 0 Å². The van der Waals surface area contributed by atoms with Crippen molar-refractivity contribution in [3.05, 3.63) is 53.1 Å². The molecule has 19 heavy (non-hydrogen) atoms. The molecule has 1 atom stereocenters. The third-order valence-corrected chi connectivity index (χ3v) is 3.78. The molecule has 0 radical (unpaired) electrons. The molecule has 0 saturated heterocycles. The number of hydrogen-bond donors (Lipinski definition) is 1. The van der Waals surface area contributed by atoms with E-state index in [1.807, 2.05) is 12.4 Å². The number of benzene rings is 1. The van der Waals surface area contributed by atoms with Crippen molar-refractivity contribution in [2.75, 3.05) is 6.54 Å². The normalized spacial score (nSPS) is 12.6. The molecule has 1 heterocycles. The third kappa shape index (κ3) is 3.04. The zero-order valence-electron chi connectivity index (χ0n) is 12.3. The summed E-state index contributed by atoms with van der Waals surface area (Å²) in [6, 6.07) is 6.85.